The van der Waals surface area contributed by atoms with Crippen LogP contribution in [0, 0.1) is 6.92 Å². The average Bonchev–Trinajstić information content (AvgIpc) is 2.62. The second-order valence-corrected chi connectivity index (χ2v) is 6.91. The number of nitrogens with zero attached hydrogens (tertiary/aromatic N) is 2. The summed E-state index contributed by atoms with van der Waals surface area (Å²) < 4.78 is 0. The van der Waals surface area contributed by atoms with Gasteiger partial charge >= 0.3 is 0 Å². The molecule has 140 valence electrons. The summed E-state index contributed by atoms with van der Waals surface area (Å²) in [5, 5.41) is 17.2. The van der Waals surface area contributed by atoms with Gasteiger partial charge in [0.1, 0.15) is 0 Å². The Labute approximate surface area is 152 Å². The van der Waals surface area contributed by atoms with Crippen molar-refractivity contribution in [1.29, 1.82) is 0 Å². The molecule has 1 heterocycles. The van der Waals surface area contributed by atoms with Crippen LogP contribution in [0.3, 0.4) is 0 Å². The third-order valence-corrected chi connectivity index (χ3v) is 4.70. The lowest BCUT2D eigenvalue weighted by molar-refractivity contribution is 0.186. The molecule has 25 heavy (non-hydrogen) atoms. The van der Waals surface area contributed by atoms with Crippen molar-refractivity contribution in [1.82, 2.24) is 15.5 Å². The van der Waals surface area contributed by atoms with Crippen molar-refractivity contribution in [2.45, 2.75) is 52.2 Å². The van der Waals surface area contributed by atoms with E-state index < -0.39 is 6.10 Å². The standard InChI is InChI=1S/C20H34N4O/c1-4-12-24-13-10-18(11-14-24)23-20(21-5-2)22-15-19(25)17-8-6-16(3)7-9-17/h6-9,18-19,25H,4-5,10-15H2,1-3H3,(H2,21,22,23). The van der Waals surface area contributed by atoms with Crippen molar-refractivity contribution in [2.24, 2.45) is 4.99 Å². The highest BCUT2D eigenvalue weighted by Gasteiger charge is 2.19. The van der Waals surface area contributed by atoms with Crippen LogP contribution in [-0.4, -0.2) is 54.7 Å². The third-order valence-electron chi connectivity index (χ3n) is 4.70. The molecule has 1 atom stereocenters. The van der Waals surface area contributed by atoms with Gasteiger partial charge in [-0.25, -0.2) is 0 Å². The number of aliphatic hydroxyl groups is 1. The molecule has 1 aromatic carbocycles. The molecule has 0 spiro atoms. The van der Waals surface area contributed by atoms with Crippen molar-refractivity contribution >= 4 is 5.96 Å². The van der Waals surface area contributed by atoms with Gasteiger partial charge in [-0.2, -0.15) is 0 Å². The highest BCUT2D eigenvalue weighted by Crippen LogP contribution is 2.14. The number of guanidine groups is 1. The molecule has 1 aliphatic rings. The van der Waals surface area contributed by atoms with Gasteiger partial charge in [-0.3, -0.25) is 4.99 Å². The molecular weight excluding hydrogens is 312 g/mol. The molecule has 1 saturated heterocycles. The molecule has 2 rings (SSSR count). The SMILES string of the molecule is CCCN1CCC(NC(=NCC(O)c2ccc(C)cc2)NCC)CC1. The molecule has 0 saturated carbocycles. The normalized spacial score (nSPS) is 18.2. The molecule has 0 amide bonds. The first-order valence-corrected chi connectivity index (χ1v) is 9.64. The van der Waals surface area contributed by atoms with E-state index in [9.17, 15) is 5.11 Å². The Bertz CT molecular complexity index is 521. The van der Waals surface area contributed by atoms with Crippen LogP contribution in [0.4, 0.5) is 0 Å². The summed E-state index contributed by atoms with van der Waals surface area (Å²) in [6, 6.07) is 8.45. The van der Waals surface area contributed by atoms with E-state index >= 15 is 0 Å². The van der Waals surface area contributed by atoms with Crippen LogP contribution in [0.15, 0.2) is 29.3 Å². The summed E-state index contributed by atoms with van der Waals surface area (Å²) >= 11 is 0. The Morgan fingerprint density at radius 3 is 2.52 bits per heavy atom. The van der Waals surface area contributed by atoms with Gasteiger partial charge < -0.3 is 20.6 Å². The minimum absolute atomic E-state index is 0.368. The number of hydrogen-bond donors (Lipinski definition) is 3. The minimum atomic E-state index is -0.567. The number of nitrogens with one attached hydrogen (secondary N) is 2. The Morgan fingerprint density at radius 1 is 1.24 bits per heavy atom. The predicted octanol–water partition coefficient (Wildman–Crippen LogP) is 2.46. The maximum Gasteiger partial charge on any atom is 0.191 e. The summed E-state index contributed by atoms with van der Waals surface area (Å²) in [6.45, 7) is 11.0. The molecule has 1 aliphatic heterocycles. The molecule has 1 aromatic rings. The quantitative estimate of drug-likeness (QED) is 0.524. The topological polar surface area (TPSA) is 59.9 Å². The van der Waals surface area contributed by atoms with E-state index in [0.717, 1.165) is 44.0 Å². The van der Waals surface area contributed by atoms with E-state index in [4.69, 9.17) is 0 Å². The second-order valence-electron chi connectivity index (χ2n) is 6.91. The van der Waals surface area contributed by atoms with Gasteiger partial charge in [-0.15, -0.1) is 0 Å². The van der Waals surface area contributed by atoms with Crippen LogP contribution >= 0.6 is 0 Å². The van der Waals surface area contributed by atoms with Crippen LogP contribution in [0.5, 0.6) is 0 Å². The molecule has 1 unspecified atom stereocenters. The van der Waals surface area contributed by atoms with Crippen LogP contribution in [-0.2, 0) is 0 Å². The molecule has 0 aliphatic carbocycles. The molecule has 5 nitrogen and oxygen atoms in total. The van der Waals surface area contributed by atoms with E-state index in [0.29, 0.717) is 12.6 Å². The lowest BCUT2D eigenvalue weighted by Crippen LogP contribution is -2.48. The summed E-state index contributed by atoms with van der Waals surface area (Å²) in [5.74, 6) is 0.808. The summed E-state index contributed by atoms with van der Waals surface area (Å²) in [4.78, 5) is 7.12. The first kappa shape index (κ1) is 19.7. The van der Waals surface area contributed by atoms with Gasteiger partial charge in [0.05, 0.1) is 12.6 Å². The average molecular weight is 347 g/mol. The van der Waals surface area contributed by atoms with Gasteiger partial charge in [0.25, 0.3) is 0 Å². The van der Waals surface area contributed by atoms with E-state index in [1.807, 2.05) is 31.2 Å². The van der Waals surface area contributed by atoms with E-state index in [-0.39, 0.29) is 0 Å². The zero-order chi connectivity index (χ0) is 18.1. The Balaban J connectivity index is 1.86. The highest BCUT2D eigenvalue weighted by molar-refractivity contribution is 5.80. The van der Waals surface area contributed by atoms with Crippen LogP contribution < -0.4 is 10.6 Å². The van der Waals surface area contributed by atoms with E-state index in [2.05, 4.69) is 34.4 Å². The van der Waals surface area contributed by atoms with Gasteiger partial charge in [0.15, 0.2) is 5.96 Å². The molecule has 0 radical (unpaired) electrons. The highest BCUT2D eigenvalue weighted by atomic mass is 16.3. The van der Waals surface area contributed by atoms with Crippen molar-refractivity contribution in [3.63, 3.8) is 0 Å². The maximum absolute atomic E-state index is 10.4. The first-order chi connectivity index (χ1) is 12.1. The largest absolute Gasteiger partial charge is 0.386 e. The fourth-order valence-corrected chi connectivity index (χ4v) is 3.20. The summed E-state index contributed by atoms with van der Waals surface area (Å²) in [5.41, 5.74) is 2.11. The van der Waals surface area contributed by atoms with Crippen molar-refractivity contribution < 1.29 is 5.11 Å². The van der Waals surface area contributed by atoms with Crippen molar-refractivity contribution in [2.75, 3.05) is 32.7 Å². The maximum atomic E-state index is 10.4. The van der Waals surface area contributed by atoms with Gasteiger partial charge in [-0.05, 0) is 45.2 Å². The Hall–Kier alpha value is -1.59. The molecule has 1 fully saturated rings. The lowest BCUT2D eigenvalue weighted by Gasteiger charge is -2.32. The molecule has 3 N–H and O–H groups in total. The lowest BCUT2D eigenvalue weighted by atomic mass is 10.1. The van der Waals surface area contributed by atoms with Crippen LogP contribution in [0.2, 0.25) is 0 Å². The van der Waals surface area contributed by atoms with Crippen molar-refractivity contribution in [3.05, 3.63) is 35.4 Å². The monoisotopic (exact) mass is 346 g/mol. The zero-order valence-corrected chi connectivity index (χ0v) is 16.0. The summed E-state index contributed by atoms with van der Waals surface area (Å²) in [6.07, 6.45) is 2.94. The van der Waals surface area contributed by atoms with Gasteiger partial charge in [0.2, 0.25) is 0 Å². The number of benzene rings is 1. The molecule has 5 heteroatoms. The third kappa shape index (κ3) is 6.67. The minimum Gasteiger partial charge on any atom is -0.386 e. The summed E-state index contributed by atoms with van der Waals surface area (Å²) in [7, 11) is 0. The fourth-order valence-electron chi connectivity index (χ4n) is 3.20. The Morgan fingerprint density at radius 2 is 1.92 bits per heavy atom. The number of rotatable bonds is 7. The number of aliphatic imine (C=N–C) groups is 1. The number of likely N-dealkylation sites (tertiary alicyclic amines) is 1. The molecule has 0 aromatic heterocycles. The zero-order valence-electron chi connectivity index (χ0n) is 16.0. The van der Waals surface area contributed by atoms with Crippen LogP contribution in [0.1, 0.15) is 50.3 Å². The van der Waals surface area contributed by atoms with Gasteiger partial charge in [0, 0.05) is 25.7 Å². The molecule has 0 bridgehead atoms. The van der Waals surface area contributed by atoms with E-state index in [1.165, 1.54) is 18.5 Å². The fraction of sp³-hybridized carbons (Fsp3) is 0.650. The smallest absolute Gasteiger partial charge is 0.191 e. The number of piperidine rings is 1. The van der Waals surface area contributed by atoms with Gasteiger partial charge in [-0.1, -0.05) is 36.8 Å². The number of aliphatic hydroxyl groups excluding tert-OH is 1. The second kappa shape index (κ2) is 10.4. The van der Waals surface area contributed by atoms with E-state index in [1.54, 1.807) is 0 Å². The molecular formula is C20H34N4O. The number of hydrogen-bond acceptors (Lipinski definition) is 3. The van der Waals surface area contributed by atoms with Crippen LogP contribution in [0.25, 0.3) is 0 Å². The van der Waals surface area contributed by atoms with Crippen molar-refractivity contribution in [3.8, 4) is 0 Å². The first-order valence-electron chi connectivity index (χ1n) is 9.64. The number of aryl methyl sites for hydroxylation is 1. The predicted molar refractivity (Wildman–Crippen MR) is 105 cm³/mol. The Kier molecular flexibility index (Phi) is 8.22.